The maximum absolute atomic E-state index is 3.91. The molecule has 4 fully saturated rings. The predicted molar refractivity (Wildman–Crippen MR) is 57.0 cm³/mol. The van der Waals surface area contributed by atoms with Crippen LogP contribution in [0.5, 0.6) is 0 Å². The lowest BCUT2D eigenvalue weighted by atomic mass is 9.62. The van der Waals surface area contributed by atoms with Crippen molar-refractivity contribution in [3.05, 3.63) is 0 Å². The second kappa shape index (κ2) is 2.75. The smallest absolute Gasteiger partial charge is 0.0106 e. The van der Waals surface area contributed by atoms with Crippen molar-refractivity contribution in [1.82, 2.24) is 5.32 Å². The van der Waals surface area contributed by atoms with Crippen molar-refractivity contribution in [2.75, 3.05) is 0 Å². The Kier molecular flexibility index (Phi) is 1.60. The molecule has 0 heterocycles. The van der Waals surface area contributed by atoms with E-state index in [-0.39, 0.29) is 0 Å². The van der Waals surface area contributed by atoms with Crippen molar-refractivity contribution < 1.29 is 0 Å². The van der Waals surface area contributed by atoms with Gasteiger partial charge in [0.05, 0.1) is 0 Å². The maximum atomic E-state index is 3.91. The summed E-state index contributed by atoms with van der Waals surface area (Å²) in [7, 11) is 0. The lowest BCUT2D eigenvalue weighted by Gasteiger charge is -2.50. The van der Waals surface area contributed by atoms with Crippen LogP contribution in [0.25, 0.3) is 0 Å². The molecule has 1 N–H and O–H groups in total. The van der Waals surface area contributed by atoms with Gasteiger partial charge in [-0.3, -0.25) is 0 Å². The monoisotopic (exact) mass is 191 g/mol. The lowest BCUT2D eigenvalue weighted by Crippen LogP contribution is -2.56. The van der Waals surface area contributed by atoms with Crippen LogP contribution in [0.4, 0.5) is 0 Å². The minimum Gasteiger partial charge on any atom is -0.311 e. The minimum absolute atomic E-state index is 0.917. The molecule has 0 aliphatic heterocycles. The molecule has 4 aliphatic rings. The van der Waals surface area contributed by atoms with Gasteiger partial charge in [0.2, 0.25) is 0 Å². The van der Waals surface area contributed by atoms with Gasteiger partial charge in [-0.15, -0.1) is 0 Å². The molecule has 0 spiro atoms. The van der Waals surface area contributed by atoms with Crippen LogP contribution in [0.2, 0.25) is 0 Å². The zero-order valence-corrected chi connectivity index (χ0v) is 8.91. The third-order valence-electron chi connectivity index (χ3n) is 5.70. The van der Waals surface area contributed by atoms with E-state index in [1.54, 1.807) is 19.3 Å². The first-order valence-corrected chi connectivity index (χ1v) is 6.68. The van der Waals surface area contributed by atoms with E-state index in [0.717, 1.165) is 35.8 Å². The van der Waals surface area contributed by atoms with Crippen molar-refractivity contribution >= 4 is 0 Å². The quantitative estimate of drug-likeness (QED) is 0.707. The highest BCUT2D eigenvalue weighted by Crippen LogP contribution is 2.61. The Morgan fingerprint density at radius 1 is 0.857 bits per heavy atom. The van der Waals surface area contributed by atoms with E-state index in [2.05, 4.69) is 5.32 Å². The van der Waals surface area contributed by atoms with Crippen LogP contribution in [0.3, 0.4) is 0 Å². The van der Waals surface area contributed by atoms with Gasteiger partial charge in [-0.05, 0) is 62.2 Å². The van der Waals surface area contributed by atoms with Crippen molar-refractivity contribution in [1.29, 1.82) is 0 Å². The summed E-state index contributed by atoms with van der Waals surface area (Å²) in [5.74, 6) is 4.57. The Morgan fingerprint density at radius 2 is 1.71 bits per heavy atom. The van der Waals surface area contributed by atoms with E-state index in [4.69, 9.17) is 0 Å². The zero-order chi connectivity index (χ0) is 9.12. The zero-order valence-electron chi connectivity index (χ0n) is 8.91. The summed E-state index contributed by atoms with van der Waals surface area (Å²) in [5.41, 5.74) is 0. The highest BCUT2D eigenvalue weighted by Gasteiger charge is 2.57. The van der Waals surface area contributed by atoms with Crippen molar-refractivity contribution in [3.63, 3.8) is 0 Å². The number of nitrogens with one attached hydrogen (secondary N) is 1. The van der Waals surface area contributed by atoms with Crippen LogP contribution in [-0.2, 0) is 0 Å². The molecule has 0 radical (unpaired) electrons. The maximum Gasteiger partial charge on any atom is 0.0106 e. The first-order valence-electron chi connectivity index (χ1n) is 6.68. The van der Waals surface area contributed by atoms with E-state index >= 15 is 0 Å². The third-order valence-corrected chi connectivity index (χ3v) is 5.70. The summed E-state index contributed by atoms with van der Waals surface area (Å²) >= 11 is 0. The Morgan fingerprint density at radius 3 is 2.43 bits per heavy atom. The fraction of sp³-hybridized carbons (Fsp3) is 1.00. The molecule has 5 atom stereocenters. The highest BCUT2D eigenvalue weighted by atomic mass is 15.0. The number of rotatable bonds is 2. The topological polar surface area (TPSA) is 12.0 Å². The summed E-state index contributed by atoms with van der Waals surface area (Å²) in [4.78, 5) is 0. The fourth-order valence-electron chi connectivity index (χ4n) is 4.74. The van der Waals surface area contributed by atoms with E-state index in [1.807, 2.05) is 0 Å². The number of hydrogen-bond acceptors (Lipinski definition) is 1. The van der Waals surface area contributed by atoms with Gasteiger partial charge in [-0.1, -0.05) is 6.42 Å². The standard InChI is InChI=1S/C13H21N/c1-2-10(3-1)14-12-7-11-8-4-5-9(6-8)13(11)12/h8-14H,1-7H2. The van der Waals surface area contributed by atoms with Crippen LogP contribution in [-0.4, -0.2) is 12.1 Å². The molecule has 0 aromatic heterocycles. The molecule has 4 saturated carbocycles. The summed E-state index contributed by atoms with van der Waals surface area (Å²) in [6, 6.07) is 1.86. The molecule has 0 saturated heterocycles. The molecule has 1 nitrogen and oxygen atoms in total. The Hall–Kier alpha value is -0.0400. The highest BCUT2D eigenvalue weighted by molar-refractivity contribution is 5.09. The molecular formula is C13H21N. The van der Waals surface area contributed by atoms with Crippen LogP contribution in [0.15, 0.2) is 0 Å². The fourth-order valence-corrected chi connectivity index (χ4v) is 4.74. The molecule has 1 heteroatoms. The Balaban J connectivity index is 1.42. The molecule has 2 bridgehead atoms. The van der Waals surface area contributed by atoms with Crippen molar-refractivity contribution in [2.24, 2.45) is 23.7 Å². The molecule has 0 amide bonds. The Labute approximate surface area is 86.6 Å². The van der Waals surface area contributed by atoms with Gasteiger partial charge in [0.25, 0.3) is 0 Å². The first kappa shape index (κ1) is 8.15. The number of fused-ring (bicyclic) bond motifs is 5. The molecule has 14 heavy (non-hydrogen) atoms. The molecule has 4 rings (SSSR count). The molecular weight excluding hydrogens is 170 g/mol. The average molecular weight is 191 g/mol. The van der Waals surface area contributed by atoms with E-state index in [1.165, 1.54) is 25.7 Å². The molecule has 0 aromatic carbocycles. The summed E-state index contributed by atoms with van der Waals surface area (Å²) < 4.78 is 0. The molecule has 0 aromatic rings. The molecule has 5 unspecified atom stereocenters. The first-order chi connectivity index (χ1) is 6.92. The van der Waals surface area contributed by atoms with Crippen molar-refractivity contribution in [3.8, 4) is 0 Å². The minimum atomic E-state index is 0.917. The molecule has 78 valence electrons. The summed E-state index contributed by atoms with van der Waals surface area (Å²) in [6.45, 7) is 0. The normalized spacial score (nSPS) is 55.3. The Bertz CT molecular complexity index is 244. The largest absolute Gasteiger partial charge is 0.311 e. The van der Waals surface area contributed by atoms with Crippen LogP contribution in [0.1, 0.15) is 44.9 Å². The second-order valence-electron chi connectivity index (χ2n) is 6.21. The van der Waals surface area contributed by atoms with E-state index < -0.39 is 0 Å². The third kappa shape index (κ3) is 0.946. The predicted octanol–water partition coefficient (Wildman–Crippen LogP) is 2.56. The van der Waals surface area contributed by atoms with Crippen LogP contribution < -0.4 is 5.32 Å². The van der Waals surface area contributed by atoms with Crippen LogP contribution >= 0.6 is 0 Å². The van der Waals surface area contributed by atoms with Gasteiger partial charge in [-0.2, -0.15) is 0 Å². The summed E-state index contributed by atoms with van der Waals surface area (Å²) in [6.07, 6.45) is 10.7. The molecule has 4 aliphatic carbocycles. The van der Waals surface area contributed by atoms with E-state index in [0.29, 0.717) is 0 Å². The lowest BCUT2D eigenvalue weighted by molar-refractivity contribution is 0.0356. The van der Waals surface area contributed by atoms with Gasteiger partial charge < -0.3 is 5.32 Å². The van der Waals surface area contributed by atoms with Gasteiger partial charge in [-0.25, -0.2) is 0 Å². The van der Waals surface area contributed by atoms with Crippen molar-refractivity contribution in [2.45, 2.75) is 57.0 Å². The number of hydrogen-bond donors (Lipinski definition) is 1. The second-order valence-corrected chi connectivity index (χ2v) is 6.21. The van der Waals surface area contributed by atoms with Gasteiger partial charge in [0, 0.05) is 12.1 Å². The van der Waals surface area contributed by atoms with Gasteiger partial charge in [0.1, 0.15) is 0 Å². The summed E-state index contributed by atoms with van der Waals surface area (Å²) in [5, 5.41) is 3.91. The van der Waals surface area contributed by atoms with E-state index in [9.17, 15) is 0 Å². The van der Waals surface area contributed by atoms with Gasteiger partial charge >= 0.3 is 0 Å². The SMILES string of the molecule is C1CC(NC2CC3C4CCC(C4)C23)C1. The average Bonchev–Trinajstić information content (AvgIpc) is 2.56. The van der Waals surface area contributed by atoms with Crippen LogP contribution in [0, 0.1) is 23.7 Å². The van der Waals surface area contributed by atoms with Gasteiger partial charge in [0.15, 0.2) is 0 Å².